The number of hydrogen-bond acceptors (Lipinski definition) is 6. The maximum absolute atomic E-state index is 13.6. The molecule has 7 nitrogen and oxygen atoms in total. The molecule has 212 valence electrons. The fourth-order valence-electron chi connectivity index (χ4n) is 4.84. The molecule has 0 spiro atoms. The van der Waals surface area contributed by atoms with Crippen LogP contribution in [-0.4, -0.2) is 46.5 Å². The van der Waals surface area contributed by atoms with E-state index in [1.54, 1.807) is 53.4 Å². The Bertz CT molecular complexity index is 1800. The number of thiazole rings is 1. The molecule has 5 rings (SSSR count). The van der Waals surface area contributed by atoms with Gasteiger partial charge in [0.2, 0.25) is 5.91 Å². The van der Waals surface area contributed by atoms with Crippen molar-refractivity contribution < 1.29 is 18.7 Å². The van der Waals surface area contributed by atoms with Crippen molar-refractivity contribution in [1.29, 1.82) is 0 Å². The lowest BCUT2D eigenvalue weighted by Gasteiger charge is -2.35. The molecule has 0 saturated carbocycles. The number of carbonyl (C=O) groups is 2. The van der Waals surface area contributed by atoms with Crippen LogP contribution in [0.2, 0.25) is 10.0 Å². The van der Waals surface area contributed by atoms with Crippen molar-refractivity contribution in [1.82, 2.24) is 9.47 Å². The molecular formula is C31H28Cl2N2O5S. The summed E-state index contributed by atoms with van der Waals surface area (Å²) in [5.41, 5.74) is 1.59. The van der Waals surface area contributed by atoms with E-state index in [1.807, 2.05) is 32.9 Å². The SMILES string of the molecule is Cc1ccccc1C(=O)/C=c1/s/c(=C/c2ccc(-c3cc(Cl)ccc3Cl)o2)c(=O)n1CC(=O)N1CC(C)OC(C)C1. The highest BCUT2D eigenvalue weighted by Gasteiger charge is 2.26. The van der Waals surface area contributed by atoms with Crippen LogP contribution >= 0.6 is 34.5 Å². The first-order valence-electron chi connectivity index (χ1n) is 13.1. The first-order valence-corrected chi connectivity index (χ1v) is 14.7. The summed E-state index contributed by atoms with van der Waals surface area (Å²) >= 11 is 13.6. The van der Waals surface area contributed by atoms with Crippen LogP contribution in [-0.2, 0) is 16.1 Å². The maximum atomic E-state index is 13.6. The van der Waals surface area contributed by atoms with Crippen LogP contribution in [0.15, 0.2) is 63.8 Å². The molecule has 1 aliphatic heterocycles. The fourth-order valence-corrected chi connectivity index (χ4v) is 6.24. The topological polar surface area (TPSA) is 81.8 Å². The Morgan fingerprint density at radius 3 is 2.51 bits per heavy atom. The van der Waals surface area contributed by atoms with Crippen molar-refractivity contribution >= 4 is 58.4 Å². The normalized spacial score (nSPS) is 18.2. The monoisotopic (exact) mass is 610 g/mol. The summed E-state index contributed by atoms with van der Waals surface area (Å²) in [6.45, 7) is 6.35. The Hall–Kier alpha value is -3.43. The number of ether oxygens (including phenoxy) is 1. The first kappa shape index (κ1) is 29.1. The third-order valence-corrected chi connectivity index (χ3v) is 8.39. The van der Waals surface area contributed by atoms with Gasteiger partial charge in [-0.05, 0) is 56.7 Å². The predicted molar refractivity (Wildman–Crippen MR) is 162 cm³/mol. The van der Waals surface area contributed by atoms with Gasteiger partial charge in [0.15, 0.2) is 5.78 Å². The van der Waals surface area contributed by atoms with Gasteiger partial charge in [0.05, 0.1) is 21.8 Å². The van der Waals surface area contributed by atoms with Crippen molar-refractivity contribution in [3.63, 3.8) is 0 Å². The summed E-state index contributed by atoms with van der Waals surface area (Å²) < 4.78 is 13.8. The lowest BCUT2D eigenvalue weighted by Crippen LogP contribution is -2.50. The van der Waals surface area contributed by atoms with E-state index in [0.29, 0.717) is 55.0 Å². The van der Waals surface area contributed by atoms with E-state index in [2.05, 4.69) is 0 Å². The molecule has 2 aromatic heterocycles. The molecule has 1 fully saturated rings. The van der Waals surface area contributed by atoms with E-state index in [1.165, 1.54) is 10.6 Å². The van der Waals surface area contributed by atoms with Gasteiger partial charge < -0.3 is 14.1 Å². The number of aromatic nitrogens is 1. The van der Waals surface area contributed by atoms with Gasteiger partial charge in [-0.2, -0.15) is 0 Å². The Morgan fingerprint density at radius 1 is 1.05 bits per heavy atom. The molecule has 2 unspecified atom stereocenters. The van der Waals surface area contributed by atoms with Gasteiger partial charge in [-0.1, -0.05) is 47.5 Å². The Kier molecular flexibility index (Phi) is 8.66. The van der Waals surface area contributed by atoms with E-state index in [9.17, 15) is 14.4 Å². The standard InChI is InChI=1S/C31H28Cl2N2O5S/c1-18-6-4-5-7-23(18)26(36)14-30-35(17-29(37)34-15-19(2)39-20(3)16-34)31(38)28(41-30)13-22-9-11-27(40-22)24-12-21(32)8-10-25(24)33/h4-14,19-20H,15-17H2,1-3H3/b28-13+,30-14+. The third-order valence-electron chi connectivity index (χ3n) is 6.76. The zero-order chi connectivity index (χ0) is 29.3. The zero-order valence-electron chi connectivity index (χ0n) is 22.7. The largest absolute Gasteiger partial charge is 0.457 e. The predicted octanol–water partition coefficient (Wildman–Crippen LogP) is 4.91. The molecule has 0 bridgehead atoms. The lowest BCUT2D eigenvalue weighted by molar-refractivity contribution is -0.143. The van der Waals surface area contributed by atoms with Crippen molar-refractivity contribution in [3.05, 3.63) is 101 Å². The number of furan rings is 1. The second-order valence-electron chi connectivity index (χ2n) is 10.0. The number of rotatable bonds is 6. The summed E-state index contributed by atoms with van der Waals surface area (Å²) in [6.07, 6.45) is 2.80. The van der Waals surface area contributed by atoms with Gasteiger partial charge >= 0.3 is 0 Å². The van der Waals surface area contributed by atoms with Gasteiger partial charge in [0.25, 0.3) is 5.56 Å². The maximum Gasteiger partial charge on any atom is 0.269 e. The molecule has 0 aliphatic carbocycles. The van der Waals surface area contributed by atoms with Gasteiger partial charge in [-0.25, -0.2) is 0 Å². The van der Waals surface area contributed by atoms with Crippen LogP contribution in [0.1, 0.15) is 35.5 Å². The Morgan fingerprint density at radius 2 is 1.78 bits per heavy atom. The minimum atomic E-state index is -0.389. The zero-order valence-corrected chi connectivity index (χ0v) is 25.1. The average molecular weight is 612 g/mol. The van der Waals surface area contributed by atoms with Gasteiger partial charge in [0.1, 0.15) is 22.7 Å². The number of ketones is 1. The number of benzene rings is 2. The molecule has 0 N–H and O–H groups in total. The van der Waals surface area contributed by atoms with Crippen molar-refractivity contribution in [2.24, 2.45) is 0 Å². The minimum absolute atomic E-state index is 0.111. The highest BCUT2D eigenvalue weighted by molar-refractivity contribution is 7.07. The molecule has 2 aromatic carbocycles. The molecule has 0 radical (unpaired) electrons. The first-order chi connectivity index (χ1) is 19.6. The smallest absolute Gasteiger partial charge is 0.269 e. The van der Waals surface area contributed by atoms with Crippen molar-refractivity contribution in [2.45, 2.75) is 39.5 Å². The lowest BCUT2D eigenvalue weighted by atomic mass is 10.1. The highest BCUT2D eigenvalue weighted by atomic mass is 35.5. The molecule has 10 heteroatoms. The number of aryl methyl sites for hydroxylation is 1. The van der Waals surface area contributed by atoms with E-state index < -0.39 is 0 Å². The van der Waals surface area contributed by atoms with Crippen molar-refractivity contribution in [2.75, 3.05) is 13.1 Å². The molecule has 41 heavy (non-hydrogen) atoms. The summed E-state index contributed by atoms with van der Waals surface area (Å²) in [4.78, 5) is 41.9. The molecule has 1 aliphatic rings. The average Bonchev–Trinajstić information content (AvgIpc) is 3.50. The van der Waals surface area contributed by atoms with E-state index in [-0.39, 0.29) is 36.0 Å². The number of carbonyl (C=O) groups excluding carboxylic acids is 2. The van der Waals surface area contributed by atoms with Gasteiger partial charge in [0, 0.05) is 41.4 Å². The van der Waals surface area contributed by atoms with Crippen LogP contribution in [0, 0.1) is 6.92 Å². The van der Waals surface area contributed by atoms with E-state index in [0.717, 1.165) is 16.9 Å². The van der Waals surface area contributed by atoms with E-state index in [4.69, 9.17) is 32.4 Å². The second-order valence-corrected chi connectivity index (χ2v) is 12.0. The molecule has 3 heterocycles. The molecule has 1 amide bonds. The number of hydrogen-bond donors (Lipinski definition) is 0. The second kappa shape index (κ2) is 12.2. The van der Waals surface area contributed by atoms with Gasteiger partial charge in [-0.3, -0.25) is 19.0 Å². The van der Waals surface area contributed by atoms with Crippen LogP contribution < -0.4 is 14.8 Å². The summed E-state index contributed by atoms with van der Waals surface area (Å²) in [6, 6.07) is 15.8. The molecule has 4 aromatic rings. The molecular weight excluding hydrogens is 583 g/mol. The van der Waals surface area contributed by atoms with Crippen LogP contribution in [0.5, 0.6) is 0 Å². The number of nitrogens with zero attached hydrogens (tertiary/aromatic N) is 2. The number of amides is 1. The van der Waals surface area contributed by atoms with E-state index >= 15 is 0 Å². The molecule has 1 saturated heterocycles. The quantitative estimate of drug-likeness (QED) is 0.290. The Labute approximate surface area is 250 Å². The van der Waals surface area contributed by atoms with Gasteiger partial charge in [-0.15, -0.1) is 11.3 Å². The molecule has 2 atom stereocenters. The highest BCUT2D eigenvalue weighted by Crippen LogP contribution is 2.31. The van der Waals surface area contributed by atoms with Crippen LogP contribution in [0.25, 0.3) is 23.5 Å². The fraction of sp³-hybridized carbons (Fsp3) is 0.258. The number of halogens is 2. The number of morpholine rings is 1. The van der Waals surface area contributed by atoms with Crippen LogP contribution in [0.4, 0.5) is 0 Å². The number of Topliss-reactive ketones (excluding diaryl/α,β-unsaturated/α-hetero) is 1. The summed E-state index contributed by atoms with van der Waals surface area (Å²) in [5.74, 6) is 0.447. The van der Waals surface area contributed by atoms with Crippen molar-refractivity contribution in [3.8, 4) is 11.3 Å². The minimum Gasteiger partial charge on any atom is -0.457 e. The van der Waals surface area contributed by atoms with Crippen LogP contribution in [0.3, 0.4) is 0 Å². The third kappa shape index (κ3) is 6.57. The Balaban J connectivity index is 1.56. The summed E-state index contributed by atoms with van der Waals surface area (Å²) in [5, 5.41) is 0.991. The summed E-state index contributed by atoms with van der Waals surface area (Å²) in [7, 11) is 0.